The van der Waals surface area contributed by atoms with Crippen LogP contribution in [0.1, 0.15) is 19.4 Å². The van der Waals surface area contributed by atoms with Crippen LogP contribution in [0, 0.1) is 11.3 Å². The molecule has 21 heavy (non-hydrogen) atoms. The lowest BCUT2D eigenvalue weighted by atomic mass is 10.0. The lowest BCUT2D eigenvalue weighted by Crippen LogP contribution is -2.15. The van der Waals surface area contributed by atoms with E-state index in [1.807, 2.05) is 0 Å². The van der Waals surface area contributed by atoms with Crippen molar-refractivity contribution in [2.24, 2.45) is 4.99 Å². The van der Waals surface area contributed by atoms with E-state index in [4.69, 9.17) is 9.47 Å². The molecule has 0 fully saturated rings. The van der Waals surface area contributed by atoms with Crippen LogP contribution in [0.5, 0.6) is 0 Å². The number of benzene rings is 1. The second kappa shape index (κ2) is 6.01. The number of nitriles is 1. The van der Waals surface area contributed by atoms with Crippen LogP contribution in [0.3, 0.4) is 0 Å². The number of aliphatic imine (C=N–C) groups is 1. The summed E-state index contributed by atoms with van der Waals surface area (Å²) < 4.78 is 9.87. The van der Waals surface area contributed by atoms with E-state index in [-0.39, 0.29) is 23.7 Å². The summed E-state index contributed by atoms with van der Waals surface area (Å²) >= 11 is 0. The third-order valence-electron chi connectivity index (χ3n) is 2.69. The highest BCUT2D eigenvalue weighted by molar-refractivity contribution is 6.32. The van der Waals surface area contributed by atoms with Crippen LogP contribution in [-0.2, 0) is 19.1 Å². The van der Waals surface area contributed by atoms with E-state index < -0.39 is 11.9 Å². The molecule has 1 aromatic carbocycles. The molecule has 6 nitrogen and oxygen atoms in total. The third-order valence-corrected chi connectivity index (χ3v) is 2.69. The van der Waals surface area contributed by atoms with Crippen molar-refractivity contribution in [1.29, 1.82) is 5.26 Å². The summed E-state index contributed by atoms with van der Waals surface area (Å²) in [6, 6.07) is 8.70. The molecule has 0 spiro atoms. The van der Waals surface area contributed by atoms with E-state index in [1.54, 1.807) is 37.3 Å². The zero-order valence-corrected chi connectivity index (χ0v) is 11.5. The number of para-hydroxylation sites is 1. The van der Waals surface area contributed by atoms with Crippen LogP contribution in [0.4, 0.5) is 5.69 Å². The quantitative estimate of drug-likeness (QED) is 0.471. The van der Waals surface area contributed by atoms with Gasteiger partial charge in [-0.15, -0.1) is 0 Å². The van der Waals surface area contributed by atoms with Gasteiger partial charge in [-0.3, -0.25) is 4.79 Å². The van der Waals surface area contributed by atoms with Gasteiger partial charge in [0.2, 0.25) is 5.90 Å². The van der Waals surface area contributed by atoms with Crippen LogP contribution in [0.15, 0.2) is 34.8 Å². The van der Waals surface area contributed by atoms with Crippen molar-refractivity contribution in [2.45, 2.75) is 13.8 Å². The Labute approximate surface area is 121 Å². The maximum Gasteiger partial charge on any atom is 0.349 e. The van der Waals surface area contributed by atoms with Crippen LogP contribution < -0.4 is 0 Å². The summed E-state index contributed by atoms with van der Waals surface area (Å²) in [5.41, 5.74) is 1.03. The van der Waals surface area contributed by atoms with Crippen LogP contribution in [-0.4, -0.2) is 24.4 Å². The maximum atomic E-state index is 11.9. The highest BCUT2D eigenvalue weighted by Crippen LogP contribution is 2.37. The molecular formula is C15H12N2O4. The number of carbonyl (C=O) groups excluding carboxylic acids is 2. The first-order chi connectivity index (χ1) is 10.1. The van der Waals surface area contributed by atoms with E-state index in [1.165, 1.54) is 6.92 Å². The highest BCUT2D eigenvalue weighted by atomic mass is 16.5. The van der Waals surface area contributed by atoms with Gasteiger partial charge < -0.3 is 9.47 Å². The molecule has 1 aliphatic rings. The Morgan fingerprint density at radius 3 is 2.67 bits per heavy atom. The molecule has 0 aromatic heterocycles. The van der Waals surface area contributed by atoms with Gasteiger partial charge in [-0.1, -0.05) is 18.2 Å². The van der Waals surface area contributed by atoms with E-state index in [0.717, 1.165) is 0 Å². The molecule has 0 saturated carbocycles. The second-order valence-electron chi connectivity index (χ2n) is 4.11. The lowest BCUT2D eigenvalue weighted by molar-refractivity contribution is -0.138. The summed E-state index contributed by atoms with van der Waals surface area (Å²) in [5, 5.41) is 9.26. The predicted octanol–water partition coefficient (Wildman–Crippen LogP) is 2.13. The number of ether oxygens (including phenoxy) is 2. The zero-order valence-electron chi connectivity index (χ0n) is 11.5. The van der Waals surface area contributed by atoms with Crippen LogP contribution >= 0.6 is 0 Å². The van der Waals surface area contributed by atoms with Gasteiger partial charge in [-0.05, 0) is 13.0 Å². The molecule has 2 rings (SSSR count). The normalized spacial score (nSPS) is 14.6. The summed E-state index contributed by atoms with van der Waals surface area (Å²) in [6.45, 7) is 3.00. The Balaban J connectivity index is 2.61. The minimum atomic E-state index is -0.772. The molecule has 0 amide bonds. The predicted molar refractivity (Wildman–Crippen MR) is 74.5 cm³/mol. The molecule has 1 aromatic rings. The molecule has 0 N–H and O–H groups in total. The number of rotatable bonds is 2. The Bertz CT molecular complexity index is 711. The smallest absolute Gasteiger partial charge is 0.349 e. The van der Waals surface area contributed by atoms with Crippen molar-refractivity contribution in [1.82, 2.24) is 0 Å². The van der Waals surface area contributed by atoms with Crippen molar-refractivity contribution in [3.8, 4) is 6.07 Å². The molecule has 0 bridgehead atoms. The number of fused-ring (bicyclic) bond motifs is 1. The molecule has 1 aliphatic heterocycles. The Morgan fingerprint density at radius 1 is 1.33 bits per heavy atom. The van der Waals surface area contributed by atoms with Crippen molar-refractivity contribution in [3.05, 3.63) is 35.4 Å². The Kier molecular flexibility index (Phi) is 4.14. The molecule has 0 saturated heterocycles. The lowest BCUT2D eigenvalue weighted by Gasteiger charge is -2.07. The highest BCUT2D eigenvalue weighted by Gasteiger charge is 2.30. The first kappa shape index (κ1) is 14.5. The molecule has 0 aliphatic carbocycles. The average Bonchev–Trinajstić information content (AvgIpc) is 2.78. The van der Waals surface area contributed by atoms with Crippen molar-refractivity contribution >= 4 is 29.1 Å². The molecular weight excluding hydrogens is 272 g/mol. The molecule has 0 unspecified atom stereocenters. The summed E-state index contributed by atoms with van der Waals surface area (Å²) in [7, 11) is 0. The summed E-state index contributed by atoms with van der Waals surface area (Å²) in [6.07, 6.45) is 0. The van der Waals surface area contributed by atoms with Gasteiger partial charge in [0.1, 0.15) is 6.07 Å². The minimum absolute atomic E-state index is 0.0618. The Morgan fingerprint density at radius 2 is 2.05 bits per heavy atom. The van der Waals surface area contributed by atoms with Crippen LogP contribution in [0.25, 0.3) is 5.57 Å². The summed E-state index contributed by atoms with van der Waals surface area (Å²) in [4.78, 5) is 27.2. The van der Waals surface area contributed by atoms with Crippen molar-refractivity contribution in [2.75, 3.05) is 6.61 Å². The van der Waals surface area contributed by atoms with Gasteiger partial charge in [0, 0.05) is 12.5 Å². The number of hydrogen-bond donors (Lipinski definition) is 0. The molecule has 0 radical (unpaired) electrons. The fraction of sp³-hybridized carbons (Fsp3) is 0.200. The van der Waals surface area contributed by atoms with E-state index in [2.05, 4.69) is 4.99 Å². The standard InChI is InChI=1S/C15H12N2O4/c1-3-20-15(19)11(8-16)13-10-6-4-5-7-12(10)17-14(13)21-9(2)18/h4-7H,3H2,1-2H3/b13-11+. The maximum absolute atomic E-state index is 11.9. The van der Waals surface area contributed by atoms with Crippen LogP contribution in [0.2, 0.25) is 0 Å². The molecule has 1 heterocycles. The molecule has 6 heteroatoms. The number of nitrogens with zero attached hydrogens (tertiary/aromatic N) is 2. The number of hydrogen-bond acceptors (Lipinski definition) is 6. The van der Waals surface area contributed by atoms with Crippen molar-refractivity contribution in [3.63, 3.8) is 0 Å². The average molecular weight is 284 g/mol. The van der Waals surface area contributed by atoms with E-state index >= 15 is 0 Å². The van der Waals surface area contributed by atoms with E-state index in [0.29, 0.717) is 11.3 Å². The van der Waals surface area contributed by atoms with Gasteiger partial charge in [0.25, 0.3) is 0 Å². The van der Waals surface area contributed by atoms with Gasteiger partial charge in [0.05, 0.1) is 17.9 Å². The van der Waals surface area contributed by atoms with Crippen molar-refractivity contribution < 1.29 is 19.1 Å². The summed E-state index contributed by atoms with van der Waals surface area (Å²) in [5.74, 6) is -1.42. The monoisotopic (exact) mass is 284 g/mol. The minimum Gasteiger partial charge on any atom is -0.462 e. The number of carbonyl (C=O) groups is 2. The van der Waals surface area contributed by atoms with Gasteiger partial charge in [-0.2, -0.15) is 5.26 Å². The fourth-order valence-electron chi connectivity index (χ4n) is 1.92. The van der Waals surface area contributed by atoms with Gasteiger partial charge in [-0.25, -0.2) is 9.79 Å². The zero-order chi connectivity index (χ0) is 15.4. The second-order valence-corrected chi connectivity index (χ2v) is 4.11. The Hall–Kier alpha value is -2.94. The molecule has 106 valence electrons. The SMILES string of the molecule is CCOC(=O)/C(C#N)=C1/C(OC(C)=O)=Nc2ccccc21. The third kappa shape index (κ3) is 2.82. The fourth-order valence-corrected chi connectivity index (χ4v) is 1.92. The number of esters is 2. The first-order valence-corrected chi connectivity index (χ1v) is 6.26. The largest absolute Gasteiger partial charge is 0.462 e. The first-order valence-electron chi connectivity index (χ1n) is 6.26. The topological polar surface area (TPSA) is 88.8 Å². The molecule has 0 atom stereocenters. The van der Waals surface area contributed by atoms with Gasteiger partial charge in [0.15, 0.2) is 5.57 Å². The van der Waals surface area contributed by atoms with E-state index in [9.17, 15) is 14.9 Å². The van der Waals surface area contributed by atoms with Gasteiger partial charge >= 0.3 is 11.9 Å².